The number of ether oxygens (including phenoxy) is 1. The molecule has 0 saturated carbocycles. The minimum absolute atomic E-state index is 0.819. The molecule has 0 atom stereocenters. The van der Waals surface area contributed by atoms with Gasteiger partial charge < -0.3 is 4.74 Å². The van der Waals surface area contributed by atoms with Gasteiger partial charge in [0.25, 0.3) is 0 Å². The fourth-order valence-corrected chi connectivity index (χ4v) is 0. The lowest BCUT2D eigenvalue weighted by atomic mass is 10.3. The van der Waals surface area contributed by atoms with E-state index in [0.717, 1.165) is 12.5 Å². The van der Waals surface area contributed by atoms with Gasteiger partial charge in [-0.2, -0.15) is 0 Å². The van der Waals surface area contributed by atoms with Crippen LogP contribution in [-0.4, -0.2) is 13.7 Å². The Balaban J connectivity index is -0.0000000361. The predicted octanol–water partition coefficient (Wildman–Crippen LogP) is 6.56. The van der Waals surface area contributed by atoms with Gasteiger partial charge in [0, 0.05) is 13.7 Å². The first-order valence-electron chi connectivity index (χ1n) is 7.46. The van der Waals surface area contributed by atoms with Crippen LogP contribution in [0.25, 0.3) is 0 Å². The molecule has 0 N–H and O–H groups in total. The Labute approximate surface area is 113 Å². The first-order chi connectivity index (χ1) is 7.97. The predicted molar refractivity (Wildman–Crippen MR) is 86.0 cm³/mol. The molecule has 0 heterocycles. The van der Waals surface area contributed by atoms with E-state index in [1.165, 1.54) is 19.3 Å². The van der Waals surface area contributed by atoms with E-state index >= 15 is 0 Å². The van der Waals surface area contributed by atoms with Crippen LogP contribution in [0.1, 0.15) is 88.5 Å². The van der Waals surface area contributed by atoms with Gasteiger partial charge in [-0.15, -0.1) is 0 Å². The first kappa shape index (κ1) is 30.2. The van der Waals surface area contributed by atoms with Crippen molar-refractivity contribution in [3.63, 3.8) is 0 Å². The highest BCUT2D eigenvalue weighted by molar-refractivity contribution is 4.20. The Morgan fingerprint density at radius 3 is 0.882 bits per heavy atom. The van der Waals surface area contributed by atoms with Crippen LogP contribution in [0, 0.1) is 5.92 Å². The second kappa shape index (κ2) is 56.4. The van der Waals surface area contributed by atoms with Gasteiger partial charge in [-0.3, -0.25) is 0 Å². The molecule has 0 fully saturated rings. The van der Waals surface area contributed by atoms with Crippen LogP contribution >= 0.6 is 0 Å². The first-order valence-corrected chi connectivity index (χ1v) is 7.46. The molecule has 0 aromatic rings. The van der Waals surface area contributed by atoms with Gasteiger partial charge in [0.15, 0.2) is 0 Å². The lowest BCUT2D eigenvalue weighted by Gasteiger charge is -1.79. The Kier molecular flexibility index (Phi) is 100. The minimum atomic E-state index is 0.819. The van der Waals surface area contributed by atoms with Crippen LogP contribution < -0.4 is 0 Å². The van der Waals surface area contributed by atoms with Gasteiger partial charge in [-0.1, -0.05) is 81.6 Å². The van der Waals surface area contributed by atoms with Crippen molar-refractivity contribution in [2.24, 2.45) is 5.92 Å². The fourth-order valence-electron chi connectivity index (χ4n) is 0. The van der Waals surface area contributed by atoms with E-state index in [4.69, 9.17) is 0 Å². The summed E-state index contributed by atoms with van der Waals surface area (Å²) in [5.74, 6) is 0.833. The molecule has 0 saturated heterocycles. The molecule has 1 nitrogen and oxygen atoms in total. The van der Waals surface area contributed by atoms with E-state index in [1.807, 2.05) is 20.8 Å². The van der Waals surface area contributed by atoms with Gasteiger partial charge in [0.1, 0.15) is 0 Å². The molecule has 0 aromatic heterocycles. The van der Waals surface area contributed by atoms with E-state index in [9.17, 15) is 0 Å². The molecule has 17 heavy (non-hydrogen) atoms. The maximum Gasteiger partial charge on any atom is 0.0433 e. The summed E-state index contributed by atoms with van der Waals surface area (Å²) in [7, 11) is 1.68. The third-order valence-electron chi connectivity index (χ3n) is 0.789. The molecule has 0 aliphatic carbocycles. The van der Waals surface area contributed by atoms with Crippen molar-refractivity contribution in [2.75, 3.05) is 13.7 Å². The van der Waals surface area contributed by atoms with Crippen LogP contribution in [0.15, 0.2) is 0 Å². The number of hydrogen-bond acceptors (Lipinski definition) is 1. The molecular weight excluding hydrogens is 208 g/mol. The number of rotatable bonds is 2. The van der Waals surface area contributed by atoms with E-state index < -0.39 is 0 Å². The molecule has 0 radical (unpaired) electrons. The molecule has 0 amide bonds. The molecule has 0 aromatic carbocycles. The molecule has 0 unspecified atom stereocenters. The van der Waals surface area contributed by atoms with Crippen molar-refractivity contribution in [3.05, 3.63) is 0 Å². The largest absolute Gasteiger partial charge is 0.385 e. The molecular formula is C16H42O. The number of methoxy groups -OCH3 is 1. The molecule has 112 valence electrons. The maximum absolute atomic E-state index is 4.54. The van der Waals surface area contributed by atoms with Crippen molar-refractivity contribution >= 4 is 0 Å². The highest BCUT2D eigenvalue weighted by Gasteiger charge is 1.68. The lowest BCUT2D eigenvalue weighted by Crippen LogP contribution is -1.73. The monoisotopic (exact) mass is 250 g/mol. The molecule has 0 aliphatic rings. The Morgan fingerprint density at radius 2 is 0.882 bits per heavy atom. The van der Waals surface area contributed by atoms with Crippen LogP contribution in [0.3, 0.4) is 0 Å². The Bertz CT molecular complexity index is 40.7. The zero-order valence-electron chi connectivity index (χ0n) is 14.8. The Hall–Kier alpha value is -0.0400. The van der Waals surface area contributed by atoms with Crippen molar-refractivity contribution in [1.29, 1.82) is 0 Å². The zero-order valence-corrected chi connectivity index (χ0v) is 14.8. The third kappa shape index (κ3) is 810. The van der Waals surface area contributed by atoms with Crippen LogP contribution in [-0.2, 0) is 4.74 Å². The fraction of sp³-hybridized carbons (Fsp3) is 1.00. The summed E-state index contributed by atoms with van der Waals surface area (Å²) in [4.78, 5) is 0. The Morgan fingerprint density at radius 1 is 0.765 bits per heavy atom. The maximum atomic E-state index is 4.54. The van der Waals surface area contributed by atoms with Crippen LogP contribution in [0.2, 0.25) is 0 Å². The standard InChI is InChI=1S/2C4H10.C3H8O.C3H8.C2H6/c1-4(2)3;2*1-3-4-2;1-3-2;1-2/h4H,1-3H3;3-4H2,1-2H3;3H2,1-2H3;3H2,1-2H3;1-2H3. The summed E-state index contributed by atoms with van der Waals surface area (Å²) in [5, 5.41) is 0. The van der Waals surface area contributed by atoms with Crippen molar-refractivity contribution in [2.45, 2.75) is 88.5 Å². The third-order valence-corrected chi connectivity index (χ3v) is 0.789. The molecule has 0 bridgehead atoms. The number of hydrogen-bond donors (Lipinski definition) is 0. The van der Waals surface area contributed by atoms with Gasteiger partial charge in [0.2, 0.25) is 0 Å². The molecule has 0 aliphatic heterocycles. The molecule has 1 heteroatoms. The van der Waals surface area contributed by atoms with Gasteiger partial charge in [-0.05, 0) is 12.8 Å². The average molecular weight is 251 g/mol. The van der Waals surface area contributed by atoms with Crippen molar-refractivity contribution < 1.29 is 4.74 Å². The van der Waals surface area contributed by atoms with Gasteiger partial charge >= 0.3 is 0 Å². The lowest BCUT2D eigenvalue weighted by molar-refractivity contribution is 0.215. The second-order valence-electron chi connectivity index (χ2n) is 4.02. The summed E-state index contributed by atoms with van der Waals surface area (Å²) in [5.41, 5.74) is 0. The highest BCUT2D eigenvalue weighted by Crippen LogP contribution is 1.81. The molecule has 0 spiro atoms. The second-order valence-corrected chi connectivity index (χ2v) is 4.02. The SMILES string of the molecule is CC.CC(C)C.CCC.CCCC.CCOC. The summed E-state index contributed by atoms with van der Waals surface area (Å²) in [6.45, 7) is 21.9. The van der Waals surface area contributed by atoms with Gasteiger partial charge in [-0.25, -0.2) is 0 Å². The van der Waals surface area contributed by atoms with E-state index in [1.54, 1.807) is 7.11 Å². The minimum Gasteiger partial charge on any atom is -0.385 e. The number of unbranched alkanes of at least 4 members (excludes halogenated alkanes) is 1. The summed E-state index contributed by atoms with van der Waals surface area (Å²) < 4.78 is 4.54. The summed E-state index contributed by atoms with van der Waals surface area (Å²) in [6.07, 6.45) is 3.89. The quantitative estimate of drug-likeness (QED) is 0.539. The zero-order chi connectivity index (χ0) is 15.1. The normalized spacial score (nSPS) is 7.06. The molecule has 0 rings (SSSR count). The van der Waals surface area contributed by atoms with Crippen LogP contribution in [0.5, 0.6) is 0 Å². The van der Waals surface area contributed by atoms with E-state index in [-0.39, 0.29) is 0 Å². The van der Waals surface area contributed by atoms with Gasteiger partial charge in [0.05, 0.1) is 0 Å². The average Bonchev–Trinajstić information content (AvgIpc) is 2.32. The van der Waals surface area contributed by atoms with Crippen molar-refractivity contribution in [3.8, 4) is 0 Å². The van der Waals surface area contributed by atoms with Crippen LogP contribution in [0.4, 0.5) is 0 Å². The summed E-state index contributed by atoms with van der Waals surface area (Å²) >= 11 is 0. The summed E-state index contributed by atoms with van der Waals surface area (Å²) in [6, 6.07) is 0. The van der Waals surface area contributed by atoms with E-state index in [2.05, 4.69) is 53.2 Å². The van der Waals surface area contributed by atoms with Crippen molar-refractivity contribution in [1.82, 2.24) is 0 Å². The smallest absolute Gasteiger partial charge is 0.0433 e. The van der Waals surface area contributed by atoms with E-state index in [0.29, 0.717) is 0 Å². The highest BCUT2D eigenvalue weighted by atomic mass is 16.5. The topological polar surface area (TPSA) is 9.23 Å².